The number of para-hydroxylation sites is 2. The number of aromatic nitrogens is 2. The van der Waals surface area contributed by atoms with E-state index in [0.717, 1.165) is 37.1 Å². The van der Waals surface area contributed by atoms with Crippen molar-refractivity contribution in [3.63, 3.8) is 0 Å². The lowest BCUT2D eigenvalue weighted by molar-refractivity contribution is -0.121. The molecule has 0 spiro atoms. The Morgan fingerprint density at radius 3 is 3.00 bits per heavy atom. The number of carbonyl (C=O) groups excluding carboxylic acids is 1. The number of carbonyl (C=O) groups is 1. The highest BCUT2D eigenvalue weighted by molar-refractivity contribution is 5.76. The summed E-state index contributed by atoms with van der Waals surface area (Å²) in [7, 11) is 0. The zero-order valence-corrected chi connectivity index (χ0v) is 12.2. The van der Waals surface area contributed by atoms with Gasteiger partial charge in [0.05, 0.1) is 17.4 Å². The predicted octanol–water partition coefficient (Wildman–Crippen LogP) is 1.68. The molecule has 112 valence electrons. The first-order valence-corrected chi connectivity index (χ1v) is 7.73. The molecule has 2 aromatic rings. The standard InChI is InChI=1S/C16H22N4O/c21-16(8-10-17-13-6-7-13)18-9-3-11-20-12-19-14-4-1-2-5-15(14)20/h1-2,4-5,12-13,17H,3,6-11H2,(H,18,21). The molecular weight excluding hydrogens is 264 g/mol. The zero-order chi connectivity index (χ0) is 14.5. The highest BCUT2D eigenvalue weighted by atomic mass is 16.1. The number of aryl methyl sites for hydroxylation is 1. The fraction of sp³-hybridized carbons (Fsp3) is 0.500. The van der Waals surface area contributed by atoms with Crippen molar-refractivity contribution >= 4 is 16.9 Å². The minimum atomic E-state index is 0.138. The molecule has 0 saturated heterocycles. The van der Waals surface area contributed by atoms with Gasteiger partial charge in [-0.1, -0.05) is 12.1 Å². The Hall–Kier alpha value is -1.88. The van der Waals surface area contributed by atoms with Gasteiger partial charge >= 0.3 is 0 Å². The molecule has 1 aromatic heterocycles. The first kappa shape index (κ1) is 14.1. The van der Waals surface area contributed by atoms with Crippen LogP contribution in [0.4, 0.5) is 0 Å². The molecule has 5 heteroatoms. The number of fused-ring (bicyclic) bond motifs is 1. The second-order valence-electron chi connectivity index (χ2n) is 5.61. The molecule has 1 aliphatic carbocycles. The van der Waals surface area contributed by atoms with Crippen molar-refractivity contribution < 1.29 is 4.79 Å². The summed E-state index contributed by atoms with van der Waals surface area (Å²) in [6.07, 6.45) is 5.89. The van der Waals surface area contributed by atoms with Gasteiger partial charge in [-0.15, -0.1) is 0 Å². The lowest BCUT2D eigenvalue weighted by Crippen LogP contribution is -2.29. The molecule has 2 N–H and O–H groups in total. The van der Waals surface area contributed by atoms with E-state index >= 15 is 0 Å². The van der Waals surface area contributed by atoms with Crippen molar-refractivity contribution in [3.05, 3.63) is 30.6 Å². The summed E-state index contributed by atoms with van der Waals surface area (Å²) in [4.78, 5) is 16.0. The molecule has 0 bridgehead atoms. The minimum Gasteiger partial charge on any atom is -0.356 e. The molecular formula is C16H22N4O. The largest absolute Gasteiger partial charge is 0.356 e. The van der Waals surface area contributed by atoms with Gasteiger partial charge < -0.3 is 15.2 Å². The van der Waals surface area contributed by atoms with E-state index in [1.807, 2.05) is 24.5 Å². The monoisotopic (exact) mass is 286 g/mol. The third kappa shape index (κ3) is 4.04. The lowest BCUT2D eigenvalue weighted by Gasteiger charge is -2.07. The second kappa shape index (κ2) is 6.72. The quantitative estimate of drug-likeness (QED) is 0.726. The Bertz CT molecular complexity index is 603. The number of rotatable bonds is 8. The average Bonchev–Trinajstić information content (AvgIpc) is 3.23. The van der Waals surface area contributed by atoms with Crippen LogP contribution in [0.1, 0.15) is 25.7 Å². The predicted molar refractivity (Wildman–Crippen MR) is 83.0 cm³/mol. The fourth-order valence-electron chi connectivity index (χ4n) is 2.43. The van der Waals surface area contributed by atoms with Crippen LogP contribution in [0.2, 0.25) is 0 Å². The van der Waals surface area contributed by atoms with Crippen molar-refractivity contribution in [2.75, 3.05) is 13.1 Å². The van der Waals surface area contributed by atoms with Crippen LogP contribution in [0.15, 0.2) is 30.6 Å². The van der Waals surface area contributed by atoms with Crippen molar-refractivity contribution in [1.82, 2.24) is 20.2 Å². The summed E-state index contributed by atoms with van der Waals surface area (Å²) in [5.41, 5.74) is 2.17. The Labute approximate surface area is 124 Å². The summed E-state index contributed by atoms with van der Waals surface area (Å²) in [6, 6.07) is 8.78. The molecule has 0 aliphatic heterocycles. The van der Waals surface area contributed by atoms with Crippen LogP contribution < -0.4 is 10.6 Å². The molecule has 3 rings (SSSR count). The Morgan fingerprint density at radius 2 is 2.14 bits per heavy atom. The van der Waals surface area contributed by atoms with Gasteiger partial charge in [0.1, 0.15) is 0 Å². The SMILES string of the molecule is O=C(CCNC1CC1)NCCCn1cnc2ccccc21. The van der Waals surface area contributed by atoms with E-state index < -0.39 is 0 Å². The highest BCUT2D eigenvalue weighted by Crippen LogP contribution is 2.18. The lowest BCUT2D eigenvalue weighted by atomic mass is 10.3. The molecule has 1 aromatic carbocycles. The summed E-state index contributed by atoms with van der Waals surface area (Å²) >= 11 is 0. The first-order valence-electron chi connectivity index (χ1n) is 7.73. The second-order valence-corrected chi connectivity index (χ2v) is 5.61. The van der Waals surface area contributed by atoms with Gasteiger partial charge in [0.25, 0.3) is 0 Å². The number of amides is 1. The maximum Gasteiger partial charge on any atom is 0.221 e. The maximum atomic E-state index is 11.6. The van der Waals surface area contributed by atoms with E-state index in [-0.39, 0.29) is 5.91 Å². The molecule has 1 fully saturated rings. The van der Waals surface area contributed by atoms with Gasteiger partial charge in [0, 0.05) is 32.1 Å². The molecule has 0 unspecified atom stereocenters. The number of nitrogens with zero attached hydrogens (tertiary/aromatic N) is 2. The van der Waals surface area contributed by atoms with Crippen molar-refractivity contribution in [2.45, 2.75) is 38.3 Å². The Balaban J connectivity index is 1.34. The van der Waals surface area contributed by atoms with E-state index in [2.05, 4.69) is 26.3 Å². The number of imidazole rings is 1. The minimum absolute atomic E-state index is 0.138. The van der Waals surface area contributed by atoms with Crippen LogP contribution in [-0.4, -0.2) is 34.6 Å². The van der Waals surface area contributed by atoms with Crippen LogP contribution in [0, 0.1) is 0 Å². The van der Waals surface area contributed by atoms with Crippen LogP contribution in [0.25, 0.3) is 11.0 Å². The number of nitrogens with one attached hydrogen (secondary N) is 2. The molecule has 21 heavy (non-hydrogen) atoms. The van der Waals surface area contributed by atoms with E-state index in [0.29, 0.717) is 12.5 Å². The number of hydrogen-bond donors (Lipinski definition) is 2. The molecule has 1 heterocycles. The Morgan fingerprint density at radius 1 is 1.29 bits per heavy atom. The third-order valence-electron chi connectivity index (χ3n) is 3.79. The first-order chi connectivity index (χ1) is 10.3. The molecule has 0 radical (unpaired) electrons. The van der Waals surface area contributed by atoms with Crippen LogP contribution in [0.3, 0.4) is 0 Å². The van der Waals surface area contributed by atoms with Crippen molar-refractivity contribution in [2.24, 2.45) is 0 Å². The van der Waals surface area contributed by atoms with Crippen LogP contribution in [-0.2, 0) is 11.3 Å². The topological polar surface area (TPSA) is 59.0 Å². The van der Waals surface area contributed by atoms with Crippen LogP contribution >= 0.6 is 0 Å². The van der Waals surface area contributed by atoms with E-state index in [9.17, 15) is 4.79 Å². The molecule has 1 aliphatic rings. The number of benzene rings is 1. The van der Waals surface area contributed by atoms with Gasteiger partial charge in [-0.05, 0) is 31.4 Å². The molecule has 0 atom stereocenters. The molecule has 1 saturated carbocycles. The zero-order valence-electron chi connectivity index (χ0n) is 12.2. The molecule has 5 nitrogen and oxygen atoms in total. The summed E-state index contributed by atoms with van der Waals surface area (Å²) in [6.45, 7) is 2.39. The highest BCUT2D eigenvalue weighted by Gasteiger charge is 2.19. The summed E-state index contributed by atoms with van der Waals surface area (Å²) in [5, 5.41) is 6.32. The number of hydrogen-bond acceptors (Lipinski definition) is 3. The van der Waals surface area contributed by atoms with Gasteiger partial charge in [-0.2, -0.15) is 0 Å². The molecule has 1 amide bonds. The van der Waals surface area contributed by atoms with Gasteiger partial charge in [0.15, 0.2) is 0 Å². The van der Waals surface area contributed by atoms with Crippen LogP contribution in [0.5, 0.6) is 0 Å². The summed E-state index contributed by atoms with van der Waals surface area (Å²) < 4.78 is 2.14. The van der Waals surface area contributed by atoms with E-state index in [4.69, 9.17) is 0 Å². The van der Waals surface area contributed by atoms with Crippen molar-refractivity contribution in [1.29, 1.82) is 0 Å². The maximum absolute atomic E-state index is 11.6. The van der Waals surface area contributed by atoms with Gasteiger partial charge in [-0.25, -0.2) is 4.98 Å². The van der Waals surface area contributed by atoms with Crippen molar-refractivity contribution in [3.8, 4) is 0 Å². The normalized spacial score (nSPS) is 14.5. The van der Waals surface area contributed by atoms with Gasteiger partial charge in [0.2, 0.25) is 5.91 Å². The van der Waals surface area contributed by atoms with E-state index in [1.165, 1.54) is 12.8 Å². The fourth-order valence-corrected chi connectivity index (χ4v) is 2.43. The smallest absolute Gasteiger partial charge is 0.221 e. The average molecular weight is 286 g/mol. The third-order valence-corrected chi connectivity index (χ3v) is 3.79. The Kier molecular flexibility index (Phi) is 4.50. The van der Waals surface area contributed by atoms with E-state index in [1.54, 1.807) is 0 Å². The summed E-state index contributed by atoms with van der Waals surface area (Å²) in [5.74, 6) is 0.138. The van der Waals surface area contributed by atoms with Gasteiger partial charge in [-0.3, -0.25) is 4.79 Å².